The van der Waals surface area contributed by atoms with Crippen molar-refractivity contribution < 1.29 is 9.84 Å². The molecule has 2 atom stereocenters. The zero-order valence-electron chi connectivity index (χ0n) is 11.6. The molecule has 0 radical (unpaired) electrons. The summed E-state index contributed by atoms with van der Waals surface area (Å²) in [5.41, 5.74) is 1.32. The van der Waals surface area contributed by atoms with Crippen molar-refractivity contribution in [3.8, 4) is 5.75 Å². The monoisotopic (exact) mass is 248 g/mol. The first kappa shape index (κ1) is 13.4. The molecule has 2 rings (SSSR count). The first-order valence-electron chi connectivity index (χ1n) is 7.09. The molecule has 0 bridgehead atoms. The van der Waals surface area contributed by atoms with Crippen molar-refractivity contribution in [3.05, 3.63) is 29.8 Å². The van der Waals surface area contributed by atoms with Crippen LogP contribution in [0, 0.1) is 5.41 Å². The van der Waals surface area contributed by atoms with E-state index in [1.807, 2.05) is 19.1 Å². The van der Waals surface area contributed by atoms with Gasteiger partial charge in [0.2, 0.25) is 0 Å². The molecule has 1 aliphatic carbocycles. The zero-order valence-corrected chi connectivity index (χ0v) is 11.6. The molecule has 18 heavy (non-hydrogen) atoms. The predicted octanol–water partition coefficient (Wildman–Crippen LogP) is 3.74. The number of hydrogen-bond acceptors (Lipinski definition) is 2. The van der Waals surface area contributed by atoms with Gasteiger partial charge >= 0.3 is 0 Å². The average molecular weight is 248 g/mol. The SMILES string of the molecule is CCOc1ccccc1C1CC(O)C1(CC)CC. The minimum atomic E-state index is -0.160. The molecule has 0 spiro atoms. The molecule has 0 amide bonds. The van der Waals surface area contributed by atoms with Gasteiger partial charge in [0.1, 0.15) is 5.75 Å². The van der Waals surface area contributed by atoms with Crippen molar-refractivity contribution in [3.63, 3.8) is 0 Å². The molecule has 1 saturated carbocycles. The van der Waals surface area contributed by atoms with Gasteiger partial charge in [0.05, 0.1) is 12.7 Å². The zero-order chi connectivity index (χ0) is 13.2. The molecule has 1 aromatic carbocycles. The second kappa shape index (κ2) is 5.31. The third-order valence-electron chi connectivity index (χ3n) is 4.73. The molecule has 2 nitrogen and oxygen atoms in total. The van der Waals surface area contributed by atoms with E-state index in [1.165, 1.54) is 5.56 Å². The van der Waals surface area contributed by atoms with Crippen LogP contribution in [-0.2, 0) is 0 Å². The van der Waals surface area contributed by atoms with Crippen LogP contribution < -0.4 is 4.74 Å². The van der Waals surface area contributed by atoms with Crippen LogP contribution in [0.2, 0.25) is 0 Å². The molecule has 0 heterocycles. The highest BCUT2D eigenvalue weighted by Gasteiger charge is 2.52. The number of ether oxygens (including phenoxy) is 1. The topological polar surface area (TPSA) is 29.5 Å². The van der Waals surface area contributed by atoms with Crippen molar-refractivity contribution in [1.82, 2.24) is 0 Å². The third kappa shape index (κ3) is 1.93. The van der Waals surface area contributed by atoms with E-state index in [0.717, 1.165) is 25.0 Å². The van der Waals surface area contributed by atoms with Gasteiger partial charge in [-0.05, 0) is 43.7 Å². The first-order valence-corrected chi connectivity index (χ1v) is 7.09. The normalized spacial score (nSPS) is 25.6. The maximum absolute atomic E-state index is 10.2. The van der Waals surface area contributed by atoms with E-state index >= 15 is 0 Å². The molecule has 0 aliphatic heterocycles. The highest BCUT2D eigenvalue weighted by atomic mass is 16.5. The van der Waals surface area contributed by atoms with Gasteiger partial charge < -0.3 is 9.84 Å². The number of benzene rings is 1. The quantitative estimate of drug-likeness (QED) is 0.860. The fourth-order valence-electron chi connectivity index (χ4n) is 3.47. The second-order valence-corrected chi connectivity index (χ2v) is 5.22. The molecule has 2 heteroatoms. The molecule has 2 unspecified atom stereocenters. The van der Waals surface area contributed by atoms with Crippen LogP contribution in [0.25, 0.3) is 0 Å². The smallest absolute Gasteiger partial charge is 0.122 e. The van der Waals surface area contributed by atoms with E-state index in [9.17, 15) is 5.11 Å². The van der Waals surface area contributed by atoms with E-state index in [-0.39, 0.29) is 11.5 Å². The van der Waals surface area contributed by atoms with E-state index < -0.39 is 0 Å². The second-order valence-electron chi connectivity index (χ2n) is 5.22. The van der Waals surface area contributed by atoms with E-state index in [4.69, 9.17) is 4.74 Å². The summed E-state index contributed by atoms with van der Waals surface area (Å²) in [6, 6.07) is 8.28. The Hall–Kier alpha value is -1.02. The average Bonchev–Trinajstić information content (AvgIpc) is 2.39. The lowest BCUT2D eigenvalue weighted by Gasteiger charge is -2.54. The predicted molar refractivity (Wildman–Crippen MR) is 74.0 cm³/mol. The highest BCUT2D eigenvalue weighted by molar-refractivity contribution is 5.40. The Labute approximate surface area is 110 Å². The Morgan fingerprint density at radius 2 is 1.89 bits per heavy atom. The van der Waals surface area contributed by atoms with Gasteiger partial charge in [0.15, 0.2) is 0 Å². The standard InChI is InChI=1S/C16H24O2/c1-4-16(5-2)13(11-15(16)17)12-9-7-8-10-14(12)18-6-3/h7-10,13,15,17H,4-6,11H2,1-3H3. The Balaban J connectivity index is 2.32. The van der Waals surface area contributed by atoms with Gasteiger partial charge in [-0.2, -0.15) is 0 Å². The number of aliphatic hydroxyl groups is 1. The minimum absolute atomic E-state index is 0.0488. The fourth-order valence-corrected chi connectivity index (χ4v) is 3.47. The number of hydrogen-bond donors (Lipinski definition) is 1. The summed E-state index contributed by atoms with van der Waals surface area (Å²) in [5, 5.41) is 10.2. The maximum atomic E-state index is 10.2. The summed E-state index contributed by atoms with van der Waals surface area (Å²) < 4.78 is 5.73. The van der Waals surface area contributed by atoms with Gasteiger partial charge in [-0.3, -0.25) is 0 Å². The molecular weight excluding hydrogens is 224 g/mol. The number of rotatable bonds is 5. The van der Waals surface area contributed by atoms with Crippen LogP contribution in [0.5, 0.6) is 5.75 Å². The van der Waals surface area contributed by atoms with Crippen molar-refractivity contribution in [2.24, 2.45) is 5.41 Å². The molecule has 0 aromatic heterocycles. The Morgan fingerprint density at radius 3 is 2.44 bits per heavy atom. The molecule has 1 aromatic rings. The van der Waals surface area contributed by atoms with Crippen LogP contribution in [-0.4, -0.2) is 17.8 Å². The van der Waals surface area contributed by atoms with Gasteiger partial charge in [-0.25, -0.2) is 0 Å². The summed E-state index contributed by atoms with van der Waals surface area (Å²) in [4.78, 5) is 0. The Morgan fingerprint density at radius 1 is 1.22 bits per heavy atom. The maximum Gasteiger partial charge on any atom is 0.122 e. The van der Waals surface area contributed by atoms with Crippen LogP contribution in [0.4, 0.5) is 0 Å². The lowest BCUT2D eigenvalue weighted by molar-refractivity contribution is -0.0937. The van der Waals surface area contributed by atoms with Gasteiger partial charge in [0, 0.05) is 5.41 Å². The van der Waals surface area contributed by atoms with E-state index in [0.29, 0.717) is 12.5 Å². The van der Waals surface area contributed by atoms with E-state index in [2.05, 4.69) is 26.0 Å². The lowest BCUT2D eigenvalue weighted by atomic mass is 9.53. The molecule has 1 N–H and O–H groups in total. The largest absolute Gasteiger partial charge is 0.494 e. The van der Waals surface area contributed by atoms with Crippen LogP contribution in [0.3, 0.4) is 0 Å². The summed E-state index contributed by atoms with van der Waals surface area (Å²) in [5.74, 6) is 1.42. The lowest BCUT2D eigenvalue weighted by Crippen LogP contribution is -2.51. The van der Waals surface area contributed by atoms with Gasteiger partial charge in [-0.1, -0.05) is 32.0 Å². The third-order valence-corrected chi connectivity index (χ3v) is 4.73. The summed E-state index contributed by atoms with van der Waals surface area (Å²) >= 11 is 0. The Bertz CT molecular complexity index is 396. The van der Waals surface area contributed by atoms with Crippen LogP contribution in [0.15, 0.2) is 24.3 Å². The highest BCUT2D eigenvalue weighted by Crippen LogP contribution is 2.58. The fraction of sp³-hybridized carbons (Fsp3) is 0.625. The summed E-state index contributed by atoms with van der Waals surface area (Å²) in [6.45, 7) is 7.07. The first-order chi connectivity index (χ1) is 8.69. The number of aliphatic hydroxyl groups excluding tert-OH is 1. The molecule has 1 aliphatic rings. The number of para-hydroxylation sites is 1. The molecule has 0 saturated heterocycles. The van der Waals surface area contributed by atoms with Crippen molar-refractivity contribution >= 4 is 0 Å². The minimum Gasteiger partial charge on any atom is -0.494 e. The summed E-state index contributed by atoms with van der Waals surface area (Å²) in [7, 11) is 0. The summed E-state index contributed by atoms with van der Waals surface area (Å²) in [6.07, 6.45) is 2.75. The van der Waals surface area contributed by atoms with Crippen molar-refractivity contribution in [2.45, 2.75) is 52.1 Å². The van der Waals surface area contributed by atoms with E-state index in [1.54, 1.807) is 0 Å². The Kier molecular flexibility index (Phi) is 3.96. The van der Waals surface area contributed by atoms with Crippen LogP contribution in [0.1, 0.15) is 51.5 Å². The van der Waals surface area contributed by atoms with Crippen molar-refractivity contribution in [1.29, 1.82) is 0 Å². The molecule has 1 fully saturated rings. The van der Waals surface area contributed by atoms with Crippen LogP contribution >= 0.6 is 0 Å². The molecule has 100 valence electrons. The van der Waals surface area contributed by atoms with Gasteiger partial charge in [-0.15, -0.1) is 0 Å². The molecular formula is C16H24O2. The van der Waals surface area contributed by atoms with Crippen molar-refractivity contribution in [2.75, 3.05) is 6.61 Å². The van der Waals surface area contributed by atoms with Gasteiger partial charge in [0.25, 0.3) is 0 Å².